The van der Waals surface area contributed by atoms with Gasteiger partial charge in [-0.15, -0.1) is 0 Å². The number of nitrogens with two attached hydrogens (primary N) is 1. The van der Waals surface area contributed by atoms with Gasteiger partial charge in [-0.05, 0) is 42.5 Å². The second kappa shape index (κ2) is 4.63. The molecule has 1 aromatic carbocycles. The van der Waals surface area contributed by atoms with Crippen molar-refractivity contribution in [3.63, 3.8) is 0 Å². The minimum atomic E-state index is 0.0840. The molecule has 0 spiro atoms. The van der Waals surface area contributed by atoms with E-state index in [0.29, 0.717) is 0 Å². The first-order chi connectivity index (χ1) is 9.50. The summed E-state index contributed by atoms with van der Waals surface area (Å²) in [6.07, 6.45) is 3.93. The van der Waals surface area contributed by atoms with E-state index >= 15 is 0 Å². The van der Waals surface area contributed by atoms with Crippen LogP contribution >= 0.6 is 0 Å². The first-order valence-electron chi connectivity index (χ1n) is 6.97. The van der Waals surface area contributed by atoms with Gasteiger partial charge in [0.2, 0.25) is 0 Å². The zero-order valence-electron chi connectivity index (χ0n) is 12.3. The topological polar surface area (TPSA) is 53.1 Å². The van der Waals surface area contributed by atoms with Gasteiger partial charge < -0.3 is 10.5 Å². The summed E-state index contributed by atoms with van der Waals surface area (Å²) >= 11 is 0. The molecule has 1 heterocycles. The van der Waals surface area contributed by atoms with E-state index in [4.69, 9.17) is 10.5 Å². The molecule has 106 valence electrons. The molecule has 2 aromatic rings. The van der Waals surface area contributed by atoms with Gasteiger partial charge in [0, 0.05) is 17.3 Å². The highest BCUT2D eigenvalue weighted by atomic mass is 16.5. The second-order valence-corrected chi connectivity index (χ2v) is 6.31. The van der Waals surface area contributed by atoms with Gasteiger partial charge in [0.15, 0.2) is 0 Å². The van der Waals surface area contributed by atoms with Crippen molar-refractivity contribution in [2.45, 2.75) is 32.7 Å². The zero-order chi connectivity index (χ0) is 14.3. The van der Waals surface area contributed by atoms with E-state index in [1.807, 2.05) is 35.1 Å². The molecular formula is C16H21N3O. The van der Waals surface area contributed by atoms with Crippen molar-refractivity contribution in [1.29, 1.82) is 0 Å². The van der Waals surface area contributed by atoms with E-state index in [1.54, 1.807) is 7.11 Å². The number of methoxy groups -OCH3 is 1. The third kappa shape index (κ3) is 2.20. The molecule has 4 nitrogen and oxygen atoms in total. The fourth-order valence-corrected chi connectivity index (χ4v) is 3.05. The lowest BCUT2D eigenvalue weighted by molar-refractivity contribution is 0.278. The summed E-state index contributed by atoms with van der Waals surface area (Å²) in [7, 11) is 1.67. The molecule has 0 saturated carbocycles. The van der Waals surface area contributed by atoms with Gasteiger partial charge in [0.25, 0.3) is 0 Å². The van der Waals surface area contributed by atoms with Crippen LogP contribution in [-0.4, -0.2) is 16.9 Å². The van der Waals surface area contributed by atoms with Crippen LogP contribution in [0.5, 0.6) is 5.75 Å². The van der Waals surface area contributed by atoms with Crippen LogP contribution < -0.4 is 10.5 Å². The molecule has 0 fully saturated rings. The van der Waals surface area contributed by atoms with Crippen molar-refractivity contribution in [3.05, 3.63) is 41.7 Å². The third-order valence-corrected chi connectivity index (χ3v) is 4.04. The predicted octanol–water partition coefficient (Wildman–Crippen LogP) is 2.85. The first kappa shape index (κ1) is 13.2. The number of fused-ring (bicyclic) bond motifs is 1. The molecule has 1 atom stereocenters. The van der Waals surface area contributed by atoms with Crippen LogP contribution in [0.2, 0.25) is 0 Å². The minimum Gasteiger partial charge on any atom is -0.497 e. The lowest BCUT2D eigenvalue weighted by atomic mass is 9.74. The van der Waals surface area contributed by atoms with E-state index in [2.05, 4.69) is 18.9 Å². The number of hydrogen-bond acceptors (Lipinski definition) is 3. The Morgan fingerprint density at radius 1 is 1.30 bits per heavy atom. The third-order valence-electron chi connectivity index (χ3n) is 4.04. The van der Waals surface area contributed by atoms with Crippen LogP contribution in [0.15, 0.2) is 30.5 Å². The molecule has 1 aliphatic carbocycles. The number of nitrogens with zero attached hydrogens (tertiary/aromatic N) is 2. The van der Waals surface area contributed by atoms with Gasteiger partial charge in [-0.25, -0.2) is 4.68 Å². The van der Waals surface area contributed by atoms with E-state index in [1.165, 1.54) is 11.3 Å². The molecule has 0 bridgehead atoms. The maximum Gasteiger partial charge on any atom is 0.119 e. The second-order valence-electron chi connectivity index (χ2n) is 6.31. The molecule has 2 N–H and O–H groups in total. The molecule has 3 rings (SSSR count). The minimum absolute atomic E-state index is 0.0840. The Morgan fingerprint density at radius 3 is 2.65 bits per heavy atom. The fourth-order valence-electron chi connectivity index (χ4n) is 3.05. The summed E-state index contributed by atoms with van der Waals surface area (Å²) in [5.41, 5.74) is 9.97. The molecule has 1 aromatic heterocycles. The van der Waals surface area contributed by atoms with Crippen LogP contribution in [0.4, 0.5) is 0 Å². The van der Waals surface area contributed by atoms with Crippen LogP contribution in [-0.2, 0) is 6.42 Å². The van der Waals surface area contributed by atoms with Crippen molar-refractivity contribution >= 4 is 0 Å². The number of benzene rings is 1. The molecule has 0 radical (unpaired) electrons. The summed E-state index contributed by atoms with van der Waals surface area (Å²) in [6.45, 7) is 4.53. The predicted molar refractivity (Wildman–Crippen MR) is 79.1 cm³/mol. The lowest BCUT2D eigenvalue weighted by Crippen LogP contribution is -2.30. The van der Waals surface area contributed by atoms with Gasteiger partial charge in [0.1, 0.15) is 5.75 Å². The van der Waals surface area contributed by atoms with Gasteiger partial charge in [-0.1, -0.05) is 13.8 Å². The number of hydrogen-bond donors (Lipinski definition) is 1. The van der Waals surface area contributed by atoms with Gasteiger partial charge >= 0.3 is 0 Å². The van der Waals surface area contributed by atoms with Crippen LogP contribution in [0.25, 0.3) is 5.69 Å². The van der Waals surface area contributed by atoms with Gasteiger partial charge in [0.05, 0.1) is 19.0 Å². The highest BCUT2D eigenvalue weighted by Crippen LogP contribution is 2.40. The Kier molecular flexibility index (Phi) is 3.05. The van der Waals surface area contributed by atoms with Crippen LogP contribution in [0.1, 0.15) is 37.6 Å². The van der Waals surface area contributed by atoms with E-state index in [-0.39, 0.29) is 11.5 Å². The SMILES string of the molecule is COc1ccc(-n2ncc3c2CC(C)(C)C[C@H]3N)cc1. The maximum atomic E-state index is 6.29. The fraction of sp³-hybridized carbons (Fsp3) is 0.438. The van der Waals surface area contributed by atoms with E-state index in [0.717, 1.165) is 24.3 Å². The van der Waals surface area contributed by atoms with Crippen molar-refractivity contribution in [2.75, 3.05) is 7.11 Å². The van der Waals surface area contributed by atoms with Gasteiger partial charge in [-0.2, -0.15) is 5.10 Å². The van der Waals surface area contributed by atoms with E-state index in [9.17, 15) is 0 Å². The number of aromatic nitrogens is 2. The Hall–Kier alpha value is -1.81. The Balaban J connectivity index is 2.03. The van der Waals surface area contributed by atoms with E-state index < -0.39 is 0 Å². The molecule has 1 aliphatic rings. The lowest BCUT2D eigenvalue weighted by Gasteiger charge is -2.33. The average Bonchev–Trinajstić information content (AvgIpc) is 2.81. The van der Waals surface area contributed by atoms with Crippen molar-refractivity contribution < 1.29 is 4.74 Å². The smallest absolute Gasteiger partial charge is 0.119 e. The summed E-state index contributed by atoms with van der Waals surface area (Å²) in [4.78, 5) is 0. The summed E-state index contributed by atoms with van der Waals surface area (Å²) in [6, 6.07) is 8.05. The summed E-state index contributed by atoms with van der Waals surface area (Å²) in [5.74, 6) is 0.854. The highest BCUT2D eigenvalue weighted by molar-refractivity contribution is 5.40. The molecule has 0 aliphatic heterocycles. The van der Waals surface area contributed by atoms with Crippen LogP contribution in [0.3, 0.4) is 0 Å². The molecular weight excluding hydrogens is 250 g/mol. The maximum absolute atomic E-state index is 6.29. The zero-order valence-corrected chi connectivity index (χ0v) is 12.3. The Morgan fingerprint density at radius 2 is 2.00 bits per heavy atom. The average molecular weight is 271 g/mol. The summed E-state index contributed by atoms with van der Waals surface area (Å²) in [5, 5.41) is 4.54. The molecule has 4 heteroatoms. The number of ether oxygens (including phenoxy) is 1. The Bertz CT molecular complexity index is 613. The molecule has 0 amide bonds. The van der Waals surface area contributed by atoms with Gasteiger partial charge in [-0.3, -0.25) is 0 Å². The van der Waals surface area contributed by atoms with Crippen molar-refractivity contribution in [1.82, 2.24) is 9.78 Å². The standard InChI is InChI=1S/C16H21N3O/c1-16(2)8-14(17)13-10-18-19(15(13)9-16)11-4-6-12(20-3)7-5-11/h4-7,10,14H,8-9,17H2,1-3H3/t14-/m1/s1. The number of rotatable bonds is 2. The molecule has 0 unspecified atom stereocenters. The normalized spacial score (nSPS) is 20.5. The Labute approximate surface area is 119 Å². The monoisotopic (exact) mass is 271 g/mol. The van der Waals surface area contributed by atoms with Crippen molar-refractivity contribution in [3.8, 4) is 11.4 Å². The first-order valence-corrected chi connectivity index (χ1v) is 6.97. The van der Waals surface area contributed by atoms with Crippen molar-refractivity contribution in [2.24, 2.45) is 11.1 Å². The molecule has 0 saturated heterocycles. The van der Waals surface area contributed by atoms with Crippen LogP contribution in [0, 0.1) is 5.41 Å². The quantitative estimate of drug-likeness (QED) is 0.913. The largest absolute Gasteiger partial charge is 0.497 e. The molecule has 20 heavy (non-hydrogen) atoms. The highest BCUT2D eigenvalue weighted by Gasteiger charge is 2.33. The summed E-state index contributed by atoms with van der Waals surface area (Å²) < 4.78 is 7.21.